The lowest BCUT2D eigenvalue weighted by molar-refractivity contribution is -0.142. The summed E-state index contributed by atoms with van der Waals surface area (Å²) in [6.45, 7) is 5.65. The second-order valence-electron chi connectivity index (χ2n) is 7.90. The lowest BCUT2D eigenvalue weighted by Gasteiger charge is -2.39. The maximum atomic E-state index is 13.7. The molecule has 1 fully saturated rings. The molecule has 1 heterocycles. The third-order valence-corrected chi connectivity index (χ3v) is 5.57. The molecule has 29 heavy (non-hydrogen) atoms. The molecule has 0 spiro atoms. The molecule has 0 N–H and O–H groups in total. The Balaban J connectivity index is 1.54. The fourth-order valence-electron chi connectivity index (χ4n) is 3.67. The van der Waals surface area contributed by atoms with Crippen LogP contribution in [0.1, 0.15) is 31.4 Å². The Hall–Kier alpha value is -2.76. The number of hydrogen-bond donors (Lipinski definition) is 0. The third kappa shape index (κ3) is 4.81. The van der Waals surface area contributed by atoms with Crippen LogP contribution >= 0.6 is 0 Å². The molecule has 0 bridgehead atoms. The summed E-state index contributed by atoms with van der Waals surface area (Å²) in [5.41, 5.74) is 0.528. The number of piperazine rings is 1. The Morgan fingerprint density at radius 3 is 2.21 bits per heavy atom. The number of benzene rings is 2. The summed E-state index contributed by atoms with van der Waals surface area (Å²) in [4.78, 5) is 29.0. The zero-order valence-electron chi connectivity index (χ0n) is 16.8. The second kappa shape index (κ2) is 8.72. The molecule has 1 aliphatic rings. The SMILES string of the molecule is CC(C)(C(=O)N1CCN(C(=O)CCc2cc(F)ccc2F)CC1)c1ccccc1. The van der Waals surface area contributed by atoms with Gasteiger partial charge in [-0.3, -0.25) is 9.59 Å². The van der Waals surface area contributed by atoms with E-state index in [0.29, 0.717) is 26.2 Å². The number of nitrogens with zero attached hydrogens (tertiary/aromatic N) is 2. The average molecular weight is 400 g/mol. The highest BCUT2D eigenvalue weighted by Crippen LogP contribution is 2.26. The zero-order valence-corrected chi connectivity index (χ0v) is 16.8. The fourth-order valence-corrected chi connectivity index (χ4v) is 3.67. The molecule has 1 aliphatic heterocycles. The van der Waals surface area contributed by atoms with E-state index < -0.39 is 17.0 Å². The van der Waals surface area contributed by atoms with Crippen LogP contribution in [0.2, 0.25) is 0 Å². The van der Waals surface area contributed by atoms with Crippen LogP contribution in [0.3, 0.4) is 0 Å². The zero-order chi connectivity index (χ0) is 21.0. The Morgan fingerprint density at radius 1 is 0.931 bits per heavy atom. The Bertz CT molecular complexity index is 876. The average Bonchev–Trinajstić information content (AvgIpc) is 2.74. The number of aryl methyl sites for hydroxylation is 1. The van der Waals surface area contributed by atoms with E-state index in [9.17, 15) is 18.4 Å². The van der Waals surface area contributed by atoms with Crippen LogP contribution in [0.15, 0.2) is 48.5 Å². The van der Waals surface area contributed by atoms with Crippen molar-refractivity contribution in [3.05, 3.63) is 71.3 Å². The molecule has 0 aliphatic carbocycles. The highest BCUT2D eigenvalue weighted by molar-refractivity contribution is 5.87. The highest BCUT2D eigenvalue weighted by atomic mass is 19.1. The predicted molar refractivity (Wildman–Crippen MR) is 107 cm³/mol. The summed E-state index contributed by atoms with van der Waals surface area (Å²) in [5, 5.41) is 0. The predicted octanol–water partition coefficient (Wildman–Crippen LogP) is 3.55. The molecule has 0 radical (unpaired) electrons. The van der Waals surface area contributed by atoms with E-state index in [-0.39, 0.29) is 30.2 Å². The van der Waals surface area contributed by atoms with E-state index in [0.717, 1.165) is 23.8 Å². The van der Waals surface area contributed by atoms with E-state index in [1.54, 1.807) is 9.80 Å². The van der Waals surface area contributed by atoms with Crippen molar-refractivity contribution in [1.82, 2.24) is 9.80 Å². The molecular weight excluding hydrogens is 374 g/mol. The van der Waals surface area contributed by atoms with Gasteiger partial charge in [-0.15, -0.1) is 0 Å². The number of amides is 2. The first-order chi connectivity index (χ1) is 13.8. The van der Waals surface area contributed by atoms with Crippen LogP contribution in [0, 0.1) is 11.6 Å². The largest absolute Gasteiger partial charge is 0.339 e. The lowest BCUT2D eigenvalue weighted by Crippen LogP contribution is -2.54. The second-order valence-corrected chi connectivity index (χ2v) is 7.90. The van der Waals surface area contributed by atoms with E-state index in [1.165, 1.54) is 0 Å². The van der Waals surface area contributed by atoms with Crippen molar-refractivity contribution in [2.24, 2.45) is 0 Å². The molecule has 2 amide bonds. The van der Waals surface area contributed by atoms with E-state index in [2.05, 4.69) is 0 Å². The number of hydrogen-bond acceptors (Lipinski definition) is 2. The molecule has 0 unspecified atom stereocenters. The molecule has 6 heteroatoms. The smallest absolute Gasteiger partial charge is 0.232 e. The van der Waals surface area contributed by atoms with Crippen LogP contribution < -0.4 is 0 Å². The number of carbonyl (C=O) groups is 2. The normalized spacial score (nSPS) is 14.8. The van der Waals surface area contributed by atoms with Gasteiger partial charge >= 0.3 is 0 Å². The molecular formula is C23H26F2N2O2. The van der Waals surface area contributed by atoms with Crippen LogP contribution in [-0.2, 0) is 21.4 Å². The quantitative estimate of drug-likeness (QED) is 0.770. The molecule has 4 nitrogen and oxygen atoms in total. The van der Waals surface area contributed by atoms with Gasteiger partial charge in [0, 0.05) is 32.6 Å². The number of halogens is 2. The first-order valence-corrected chi connectivity index (χ1v) is 9.85. The minimum absolute atomic E-state index is 0.0395. The van der Waals surface area contributed by atoms with E-state index in [4.69, 9.17) is 0 Å². The number of rotatable bonds is 5. The van der Waals surface area contributed by atoms with Gasteiger partial charge in [0.2, 0.25) is 11.8 Å². The summed E-state index contributed by atoms with van der Waals surface area (Å²) < 4.78 is 27.0. The summed E-state index contributed by atoms with van der Waals surface area (Å²) in [6, 6.07) is 12.9. The number of carbonyl (C=O) groups excluding carboxylic acids is 2. The van der Waals surface area contributed by atoms with Crippen molar-refractivity contribution in [3.63, 3.8) is 0 Å². The van der Waals surface area contributed by atoms with Gasteiger partial charge in [0.15, 0.2) is 0 Å². The summed E-state index contributed by atoms with van der Waals surface area (Å²) in [6.07, 6.45) is 0.270. The Labute approximate surface area is 170 Å². The van der Waals surface area contributed by atoms with Gasteiger partial charge in [-0.1, -0.05) is 30.3 Å². The highest BCUT2D eigenvalue weighted by Gasteiger charge is 2.35. The van der Waals surface area contributed by atoms with Crippen LogP contribution in [0.25, 0.3) is 0 Å². The molecule has 0 aromatic heterocycles. The van der Waals surface area contributed by atoms with Crippen molar-refractivity contribution >= 4 is 11.8 Å². The minimum Gasteiger partial charge on any atom is -0.339 e. The van der Waals surface area contributed by atoms with Gasteiger partial charge in [0.25, 0.3) is 0 Å². The van der Waals surface area contributed by atoms with Crippen molar-refractivity contribution in [3.8, 4) is 0 Å². The van der Waals surface area contributed by atoms with E-state index >= 15 is 0 Å². The summed E-state index contributed by atoms with van der Waals surface area (Å²) in [5.74, 6) is -1.08. The van der Waals surface area contributed by atoms with Gasteiger partial charge < -0.3 is 9.80 Å². The molecule has 2 aromatic rings. The summed E-state index contributed by atoms with van der Waals surface area (Å²) >= 11 is 0. The molecule has 0 atom stereocenters. The van der Waals surface area contributed by atoms with Crippen molar-refractivity contribution < 1.29 is 18.4 Å². The molecule has 2 aromatic carbocycles. The first kappa shape index (κ1) is 21.0. The summed E-state index contributed by atoms with van der Waals surface area (Å²) in [7, 11) is 0. The van der Waals surface area contributed by atoms with Gasteiger partial charge in [-0.25, -0.2) is 8.78 Å². The first-order valence-electron chi connectivity index (χ1n) is 9.85. The maximum absolute atomic E-state index is 13.7. The Kier molecular flexibility index (Phi) is 6.30. The van der Waals surface area contributed by atoms with Crippen LogP contribution in [-0.4, -0.2) is 47.8 Å². The molecule has 1 saturated heterocycles. The van der Waals surface area contributed by atoms with Crippen molar-refractivity contribution in [2.75, 3.05) is 26.2 Å². The van der Waals surface area contributed by atoms with Gasteiger partial charge in [-0.05, 0) is 49.6 Å². The van der Waals surface area contributed by atoms with E-state index in [1.807, 2.05) is 44.2 Å². The fraction of sp³-hybridized carbons (Fsp3) is 0.391. The third-order valence-electron chi connectivity index (χ3n) is 5.57. The Morgan fingerprint density at radius 2 is 1.55 bits per heavy atom. The van der Waals surface area contributed by atoms with Crippen LogP contribution in [0.5, 0.6) is 0 Å². The molecule has 154 valence electrons. The lowest BCUT2D eigenvalue weighted by atomic mass is 9.83. The monoisotopic (exact) mass is 400 g/mol. The van der Waals surface area contributed by atoms with Gasteiger partial charge in [-0.2, -0.15) is 0 Å². The topological polar surface area (TPSA) is 40.6 Å². The molecule has 3 rings (SSSR count). The van der Waals surface area contributed by atoms with Crippen LogP contribution in [0.4, 0.5) is 8.78 Å². The van der Waals surface area contributed by atoms with Gasteiger partial charge in [0.1, 0.15) is 11.6 Å². The van der Waals surface area contributed by atoms with Crippen molar-refractivity contribution in [2.45, 2.75) is 32.1 Å². The standard InChI is InChI=1S/C23H26F2N2O2/c1-23(2,18-6-4-3-5-7-18)22(29)27-14-12-26(13-15-27)21(28)11-8-17-16-19(24)9-10-20(17)25/h3-7,9-10,16H,8,11-15H2,1-2H3. The van der Waals surface area contributed by atoms with Crippen molar-refractivity contribution in [1.29, 1.82) is 0 Å². The van der Waals surface area contributed by atoms with Gasteiger partial charge in [0.05, 0.1) is 5.41 Å². The minimum atomic E-state index is -0.637. The maximum Gasteiger partial charge on any atom is 0.232 e. The molecule has 0 saturated carbocycles.